The lowest BCUT2D eigenvalue weighted by atomic mass is 9.97. The third-order valence-corrected chi connectivity index (χ3v) is 2.68. The average molecular weight is 243 g/mol. The Morgan fingerprint density at radius 2 is 1.93 bits per heavy atom. The summed E-state index contributed by atoms with van der Waals surface area (Å²) in [4.78, 5) is 12.7. The second-order valence-electron chi connectivity index (χ2n) is 3.94. The van der Waals surface area contributed by atoms with Gasteiger partial charge < -0.3 is 10.6 Å². The van der Waals surface area contributed by atoms with Gasteiger partial charge in [0.2, 0.25) is 5.91 Å². The summed E-state index contributed by atoms with van der Waals surface area (Å²) in [5.74, 6) is -0.352. The Hall–Kier alpha value is -0.420. The van der Waals surface area contributed by atoms with Gasteiger partial charge in [-0.2, -0.15) is 0 Å². The average Bonchev–Trinajstić information content (AvgIpc) is 2.51. The van der Waals surface area contributed by atoms with Gasteiger partial charge in [0.05, 0.1) is 12.1 Å². The molecule has 0 atom stereocenters. The SMILES string of the molecule is CN(CC(F)F)C(=O)C1(N)CCCC1.Cl. The summed E-state index contributed by atoms with van der Waals surface area (Å²) in [5, 5.41) is 0. The minimum absolute atomic E-state index is 0. The Labute approximate surface area is 94.4 Å². The topological polar surface area (TPSA) is 46.3 Å². The number of carbonyl (C=O) groups is 1. The second kappa shape index (κ2) is 5.61. The van der Waals surface area contributed by atoms with Crippen LogP contribution in [0.25, 0.3) is 0 Å². The molecule has 6 heteroatoms. The van der Waals surface area contributed by atoms with Crippen molar-refractivity contribution in [2.45, 2.75) is 37.6 Å². The maximum atomic E-state index is 12.0. The number of likely N-dealkylation sites (N-methyl/N-ethyl adjacent to an activating group) is 1. The van der Waals surface area contributed by atoms with Crippen LogP contribution in [0.4, 0.5) is 8.78 Å². The number of nitrogens with two attached hydrogens (primary N) is 1. The summed E-state index contributed by atoms with van der Waals surface area (Å²) in [6.45, 7) is -0.530. The van der Waals surface area contributed by atoms with Gasteiger partial charge in [0.15, 0.2) is 0 Å². The molecular formula is C9H17ClF2N2O. The molecule has 3 nitrogen and oxygen atoms in total. The smallest absolute Gasteiger partial charge is 0.255 e. The van der Waals surface area contributed by atoms with Gasteiger partial charge in [-0.1, -0.05) is 12.8 Å². The first-order valence-corrected chi connectivity index (χ1v) is 4.78. The summed E-state index contributed by atoms with van der Waals surface area (Å²) >= 11 is 0. The van der Waals surface area contributed by atoms with E-state index in [4.69, 9.17) is 5.73 Å². The quantitative estimate of drug-likeness (QED) is 0.813. The first-order valence-electron chi connectivity index (χ1n) is 4.78. The highest BCUT2D eigenvalue weighted by Crippen LogP contribution is 2.28. The molecule has 0 radical (unpaired) electrons. The number of nitrogens with zero attached hydrogens (tertiary/aromatic N) is 1. The van der Waals surface area contributed by atoms with E-state index in [1.807, 2.05) is 0 Å². The van der Waals surface area contributed by atoms with Gasteiger partial charge >= 0.3 is 0 Å². The highest BCUT2D eigenvalue weighted by Gasteiger charge is 2.39. The Morgan fingerprint density at radius 1 is 1.47 bits per heavy atom. The van der Waals surface area contributed by atoms with E-state index in [0.717, 1.165) is 17.7 Å². The van der Waals surface area contributed by atoms with Crippen LogP contribution >= 0.6 is 12.4 Å². The maximum Gasteiger partial charge on any atom is 0.255 e. The molecule has 0 heterocycles. The Balaban J connectivity index is 0.00000196. The normalized spacial score (nSPS) is 18.7. The Bertz CT molecular complexity index is 220. The van der Waals surface area contributed by atoms with Gasteiger partial charge in [-0.3, -0.25) is 4.79 Å². The standard InChI is InChI=1S/C9H16F2N2O.ClH/c1-13(6-7(10)11)8(14)9(12)4-2-3-5-9;/h7H,2-6,12H2,1H3;1H. The van der Waals surface area contributed by atoms with E-state index >= 15 is 0 Å². The molecule has 0 bridgehead atoms. The largest absolute Gasteiger partial charge is 0.338 e. The third kappa shape index (κ3) is 3.57. The zero-order valence-corrected chi connectivity index (χ0v) is 9.53. The Kier molecular flexibility index (Phi) is 5.45. The minimum atomic E-state index is -2.49. The number of carbonyl (C=O) groups excluding carboxylic acids is 1. The number of hydrogen-bond acceptors (Lipinski definition) is 2. The van der Waals surface area contributed by atoms with Crippen molar-refractivity contribution in [3.63, 3.8) is 0 Å². The van der Waals surface area contributed by atoms with Crippen molar-refractivity contribution >= 4 is 18.3 Å². The predicted molar refractivity (Wildman–Crippen MR) is 56.3 cm³/mol. The molecule has 1 saturated carbocycles. The van der Waals surface area contributed by atoms with Gasteiger partial charge in [0.25, 0.3) is 6.43 Å². The van der Waals surface area contributed by atoms with Crippen molar-refractivity contribution < 1.29 is 13.6 Å². The van der Waals surface area contributed by atoms with Gasteiger partial charge in [-0.15, -0.1) is 12.4 Å². The van der Waals surface area contributed by atoms with E-state index in [1.165, 1.54) is 7.05 Å². The van der Waals surface area contributed by atoms with E-state index in [-0.39, 0.29) is 18.3 Å². The molecule has 15 heavy (non-hydrogen) atoms. The fourth-order valence-electron chi connectivity index (χ4n) is 1.89. The maximum absolute atomic E-state index is 12.0. The van der Waals surface area contributed by atoms with Gasteiger partial charge in [-0.05, 0) is 12.8 Å². The van der Waals surface area contributed by atoms with E-state index in [0.29, 0.717) is 12.8 Å². The van der Waals surface area contributed by atoms with Crippen LogP contribution in [-0.4, -0.2) is 36.4 Å². The molecule has 0 unspecified atom stereocenters. The summed E-state index contributed by atoms with van der Waals surface area (Å²) in [6.07, 6.45) is 0.544. The van der Waals surface area contributed by atoms with E-state index in [2.05, 4.69) is 0 Å². The molecule has 0 saturated heterocycles. The van der Waals surface area contributed by atoms with Crippen LogP contribution in [0.3, 0.4) is 0 Å². The Morgan fingerprint density at radius 3 is 2.33 bits per heavy atom. The molecule has 1 rings (SSSR count). The number of amides is 1. The molecule has 0 aromatic rings. The van der Waals surface area contributed by atoms with Gasteiger partial charge in [-0.25, -0.2) is 8.78 Å². The van der Waals surface area contributed by atoms with Crippen LogP contribution < -0.4 is 5.73 Å². The summed E-state index contributed by atoms with van der Waals surface area (Å²) in [6, 6.07) is 0. The number of alkyl halides is 2. The van der Waals surface area contributed by atoms with E-state index in [1.54, 1.807) is 0 Å². The van der Waals surface area contributed by atoms with E-state index < -0.39 is 18.5 Å². The molecule has 90 valence electrons. The lowest BCUT2D eigenvalue weighted by molar-refractivity contribution is -0.137. The molecule has 0 aromatic carbocycles. The van der Waals surface area contributed by atoms with Crippen LogP contribution in [-0.2, 0) is 4.79 Å². The van der Waals surface area contributed by atoms with Crippen molar-refractivity contribution in [1.29, 1.82) is 0 Å². The summed E-state index contributed by atoms with van der Waals surface area (Å²) in [5.41, 5.74) is 4.96. The molecule has 0 aromatic heterocycles. The van der Waals surface area contributed by atoms with Crippen molar-refractivity contribution in [2.24, 2.45) is 5.73 Å². The number of halogens is 3. The predicted octanol–water partition coefficient (Wildman–Crippen LogP) is 1.40. The minimum Gasteiger partial charge on any atom is -0.338 e. The zero-order valence-electron chi connectivity index (χ0n) is 8.71. The molecular weight excluding hydrogens is 226 g/mol. The summed E-state index contributed by atoms with van der Waals surface area (Å²) < 4.78 is 24.0. The van der Waals surface area contributed by atoms with Crippen LogP contribution in [0.15, 0.2) is 0 Å². The summed E-state index contributed by atoms with van der Waals surface area (Å²) in [7, 11) is 1.38. The second-order valence-corrected chi connectivity index (χ2v) is 3.94. The first-order chi connectivity index (χ1) is 6.46. The lowest BCUT2D eigenvalue weighted by Gasteiger charge is -2.28. The highest BCUT2D eigenvalue weighted by atomic mass is 35.5. The molecule has 1 aliphatic rings. The molecule has 1 aliphatic carbocycles. The fraction of sp³-hybridized carbons (Fsp3) is 0.889. The first kappa shape index (κ1) is 14.6. The highest BCUT2D eigenvalue weighted by molar-refractivity contribution is 5.86. The van der Waals surface area contributed by atoms with Gasteiger partial charge in [0, 0.05) is 7.05 Å². The zero-order chi connectivity index (χ0) is 10.8. The van der Waals surface area contributed by atoms with Crippen LogP contribution in [0.2, 0.25) is 0 Å². The monoisotopic (exact) mass is 242 g/mol. The fourth-order valence-corrected chi connectivity index (χ4v) is 1.89. The molecule has 0 spiro atoms. The van der Waals surface area contributed by atoms with Gasteiger partial charge in [0.1, 0.15) is 0 Å². The van der Waals surface area contributed by atoms with Crippen molar-refractivity contribution in [3.8, 4) is 0 Å². The molecule has 1 fully saturated rings. The van der Waals surface area contributed by atoms with Crippen molar-refractivity contribution in [3.05, 3.63) is 0 Å². The van der Waals surface area contributed by atoms with Crippen LogP contribution in [0.5, 0.6) is 0 Å². The number of hydrogen-bond donors (Lipinski definition) is 1. The lowest BCUT2D eigenvalue weighted by Crippen LogP contribution is -2.53. The van der Waals surface area contributed by atoms with Crippen LogP contribution in [0.1, 0.15) is 25.7 Å². The molecule has 1 amide bonds. The number of rotatable bonds is 3. The molecule has 0 aliphatic heterocycles. The third-order valence-electron chi connectivity index (χ3n) is 2.68. The molecule has 2 N–H and O–H groups in total. The van der Waals surface area contributed by atoms with Crippen molar-refractivity contribution in [2.75, 3.05) is 13.6 Å². The van der Waals surface area contributed by atoms with Crippen molar-refractivity contribution in [1.82, 2.24) is 4.90 Å². The van der Waals surface area contributed by atoms with E-state index in [9.17, 15) is 13.6 Å². The van der Waals surface area contributed by atoms with Crippen LogP contribution in [0, 0.1) is 0 Å².